The molecule has 208 valence electrons. The molecule has 0 aliphatic carbocycles. The Labute approximate surface area is 238 Å². The molecular weight excluding hydrogens is 581 g/mol. The van der Waals surface area contributed by atoms with Crippen LogP contribution in [0.15, 0.2) is 51.7 Å². The van der Waals surface area contributed by atoms with Crippen molar-refractivity contribution < 1.29 is 38.8 Å². The summed E-state index contributed by atoms with van der Waals surface area (Å²) in [5.41, 5.74) is 4.06. The summed E-state index contributed by atoms with van der Waals surface area (Å²) < 4.78 is 2.93. The summed E-state index contributed by atoms with van der Waals surface area (Å²) in [6.45, 7) is 2.79. The van der Waals surface area contributed by atoms with Gasteiger partial charge >= 0.3 is 11.9 Å². The van der Waals surface area contributed by atoms with Crippen molar-refractivity contribution in [2.24, 2.45) is 5.16 Å². The highest BCUT2D eigenvalue weighted by atomic mass is 32.2. The van der Waals surface area contributed by atoms with Gasteiger partial charge in [-0.05, 0) is 25.3 Å². The number of oxime groups is 1. The number of thiophene rings is 1. The van der Waals surface area contributed by atoms with Gasteiger partial charge in [0.15, 0.2) is 29.8 Å². The minimum Gasteiger partial charge on any atom is -0.478 e. The number of nitrogens with two attached hydrogens (primary N) is 1. The van der Waals surface area contributed by atoms with E-state index in [4.69, 9.17) is 10.6 Å². The van der Waals surface area contributed by atoms with Crippen molar-refractivity contribution in [3.8, 4) is 0 Å². The summed E-state index contributed by atoms with van der Waals surface area (Å²) in [5.74, 6) is -3.66. The maximum absolute atomic E-state index is 13.2. The first-order valence-corrected chi connectivity index (χ1v) is 14.5. The molecule has 0 radical (unpaired) electrons. The molecule has 1 saturated heterocycles. The second kappa shape index (κ2) is 10.5. The van der Waals surface area contributed by atoms with Crippen molar-refractivity contribution in [2.75, 3.05) is 11.5 Å². The maximum Gasteiger partial charge on any atom is 0.352 e. The molecule has 0 spiro atoms. The number of thiazole rings is 1. The Morgan fingerprint density at radius 2 is 2.08 bits per heavy atom. The van der Waals surface area contributed by atoms with E-state index in [1.54, 1.807) is 11.3 Å². The average molecular weight is 604 g/mol. The van der Waals surface area contributed by atoms with Gasteiger partial charge in [0, 0.05) is 28.2 Å². The summed E-state index contributed by atoms with van der Waals surface area (Å²) in [5, 5.41) is 29.6. The molecule has 5 rings (SSSR count). The number of aromatic nitrogens is 2. The minimum atomic E-state index is -1.75. The molecule has 0 bridgehead atoms. The van der Waals surface area contributed by atoms with Gasteiger partial charge in [-0.1, -0.05) is 5.16 Å². The monoisotopic (exact) mass is 603 g/mol. The predicted molar refractivity (Wildman–Crippen MR) is 148 cm³/mol. The number of carbonyl (C=O) groups is 4. The SMILES string of the molecule is CC(C)(ON=C(C(=O)NC1C(=O)N2C(C(=O)O)=C(C[n+]3ccc4ccsc4c3)CS[C@@H]12)c1csc(N)n1)C(=O)O. The van der Waals surface area contributed by atoms with Crippen LogP contribution in [-0.2, 0) is 30.6 Å². The summed E-state index contributed by atoms with van der Waals surface area (Å²) in [7, 11) is 0. The Kier molecular flexibility index (Phi) is 7.24. The molecule has 3 aromatic heterocycles. The van der Waals surface area contributed by atoms with Crippen molar-refractivity contribution in [2.45, 2.75) is 37.4 Å². The van der Waals surface area contributed by atoms with Crippen molar-refractivity contribution >= 4 is 79.1 Å². The smallest absolute Gasteiger partial charge is 0.352 e. The first kappa shape index (κ1) is 27.5. The molecule has 3 aromatic rings. The van der Waals surface area contributed by atoms with E-state index >= 15 is 0 Å². The van der Waals surface area contributed by atoms with E-state index < -0.39 is 40.8 Å². The average Bonchev–Trinajstić information content (AvgIpc) is 3.55. The van der Waals surface area contributed by atoms with E-state index in [-0.39, 0.29) is 28.8 Å². The quantitative estimate of drug-likeness (QED) is 0.120. The van der Waals surface area contributed by atoms with Gasteiger partial charge in [-0.15, -0.1) is 34.4 Å². The molecule has 2 aliphatic heterocycles. The number of nitrogens with one attached hydrogen (secondary N) is 1. The molecule has 0 aromatic carbocycles. The fourth-order valence-electron chi connectivity index (χ4n) is 4.08. The molecule has 5 heterocycles. The number of hydrogen-bond acceptors (Lipinski definition) is 11. The van der Waals surface area contributed by atoms with E-state index in [2.05, 4.69) is 15.5 Å². The highest BCUT2D eigenvalue weighted by Crippen LogP contribution is 2.40. The molecule has 13 nitrogen and oxygen atoms in total. The maximum atomic E-state index is 13.2. The lowest BCUT2D eigenvalue weighted by Gasteiger charge is -2.49. The minimum absolute atomic E-state index is 0.0363. The van der Waals surface area contributed by atoms with Gasteiger partial charge in [0.2, 0.25) is 5.60 Å². The molecule has 1 fully saturated rings. The standard InChI is InChI=1S/C24H22N6O7S3/c1-24(2,22(35)36)37-28-15(13-10-40-23(25)26-13)18(31)27-16-19(32)30-17(21(33)34)12(9-39-20(16)30)7-29-5-3-11-4-6-38-14(11)8-29/h3-6,8,10,16,20H,7,9H2,1-2H3,(H4-,25,26,27,31,33,34,35,36)/p+1/t16?,20-/m0/s1. The third-order valence-electron chi connectivity index (χ3n) is 6.23. The number of nitrogens with zero attached hydrogens (tertiary/aromatic N) is 4. The van der Waals surface area contributed by atoms with Crippen molar-refractivity contribution in [3.63, 3.8) is 0 Å². The first-order valence-electron chi connectivity index (χ1n) is 11.7. The highest BCUT2D eigenvalue weighted by molar-refractivity contribution is 8.00. The second-order valence-corrected chi connectivity index (χ2v) is 12.3. The molecule has 2 aliphatic rings. The number of rotatable bonds is 9. The summed E-state index contributed by atoms with van der Waals surface area (Å²) in [4.78, 5) is 60.4. The number of carboxylic acid groups (broad SMARTS) is 2. The molecule has 2 atom stereocenters. The molecule has 16 heteroatoms. The number of aliphatic carboxylic acids is 2. The van der Waals surface area contributed by atoms with Crippen LogP contribution in [0.5, 0.6) is 0 Å². The number of amides is 2. The lowest BCUT2D eigenvalue weighted by Crippen LogP contribution is -2.71. The van der Waals surface area contributed by atoms with E-state index in [0.29, 0.717) is 11.3 Å². The molecule has 2 amide bonds. The predicted octanol–water partition coefficient (Wildman–Crippen LogP) is 1.25. The number of thioether (sulfide) groups is 1. The number of anilines is 1. The number of hydrogen-bond donors (Lipinski definition) is 4. The Bertz CT molecular complexity index is 1610. The Hall–Kier alpha value is -4.02. The molecule has 0 saturated carbocycles. The zero-order valence-electron chi connectivity index (χ0n) is 21.1. The van der Waals surface area contributed by atoms with Crippen molar-refractivity contribution in [3.05, 3.63) is 52.3 Å². The fraction of sp³-hybridized carbons (Fsp3) is 0.292. The van der Waals surface area contributed by atoms with Gasteiger partial charge in [-0.25, -0.2) is 14.6 Å². The van der Waals surface area contributed by atoms with Gasteiger partial charge in [-0.3, -0.25) is 14.5 Å². The molecule has 5 N–H and O–H groups in total. The van der Waals surface area contributed by atoms with E-state index in [1.165, 1.54) is 35.9 Å². The number of β-lactam (4-membered cyclic amide) rings is 1. The van der Waals surface area contributed by atoms with Crippen LogP contribution in [0.2, 0.25) is 0 Å². The van der Waals surface area contributed by atoms with Gasteiger partial charge in [0.1, 0.15) is 22.8 Å². The Morgan fingerprint density at radius 3 is 2.75 bits per heavy atom. The van der Waals surface area contributed by atoms with E-state index in [9.17, 15) is 29.4 Å². The number of carbonyl (C=O) groups excluding carboxylic acids is 2. The van der Waals surface area contributed by atoms with Crippen LogP contribution in [0.1, 0.15) is 19.5 Å². The topological polar surface area (TPSA) is 188 Å². The van der Waals surface area contributed by atoms with Crippen LogP contribution >= 0.6 is 34.4 Å². The molecular formula is C24H23N6O7S3+. The van der Waals surface area contributed by atoms with Gasteiger partial charge < -0.3 is 26.1 Å². The fourth-order valence-corrected chi connectivity index (χ4v) is 6.79. The Morgan fingerprint density at radius 1 is 1.30 bits per heavy atom. The molecule has 1 unspecified atom stereocenters. The third-order valence-corrected chi connectivity index (χ3v) is 9.11. The van der Waals surface area contributed by atoms with E-state index in [0.717, 1.165) is 21.4 Å². The van der Waals surface area contributed by atoms with Gasteiger partial charge in [0.25, 0.3) is 11.8 Å². The normalized spacial score (nSPS) is 19.3. The number of fused-ring (bicyclic) bond motifs is 2. The number of carboxylic acids is 2. The highest BCUT2D eigenvalue weighted by Gasteiger charge is 2.55. The number of nitrogen functional groups attached to an aromatic ring is 1. The van der Waals surface area contributed by atoms with Crippen molar-refractivity contribution in [1.82, 2.24) is 15.2 Å². The van der Waals surface area contributed by atoms with Gasteiger partial charge in [0.05, 0.1) is 4.70 Å². The van der Waals surface area contributed by atoms with Crippen LogP contribution in [0, 0.1) is 0 Å². The van der Waals surface area contributed by atoms with Gasteiger partial charge in [-0.2, -0.15) is 4.57 Å². The van der Waals surface area contributed by atoms with Crippen LogP contribution in [0.3, 0.4) is 0 Å². The Balaban J connectivity index is 1.36. The van der Waals surface area contributed by atoms with Crippen molar-refractivity contribution in [1.29, 1.82) is 0 Å². The summed E-state index contributed by atoms with van der Waals surface area (Å²) in [6, 6.07) is 2.90. The largest absolute Gasteiger partial charge is 0.478 e. The zero-order chi connectivity index (χ0) is 28.8. The van der Waals surface area contributed by atoms with Crippen LogP contribution < -0.4 is 15.6 Å². The van der Waals surface area contributed by atoms with Crippen LogP contribution in [-0.4, -0.2) is 72.3 Å². The lowest BCUT2D eigenvalue weighted by molar-refractivity contribution is -0.687. The number of pyridine rings is 1. The van der Waals surface area contributed by atoms with Crippen LogP contribution in [0.25, 0.3) is 10.1 Å². The molecule has 40 heavy (non-hydrogen) atoms. The second-order valence-electron chi connectivity index (χ2n) is 9.39. The van der Waals surface area contributed by atoms with E-state index in [1.807, 2.05) is 34.5 Å². The lowest BCUT2D eigenvalue weighted by atomic mass is 10.0. The van der Waals surface area contributed by atoms with Crippen LogP contribution in [0.4, 0.5) is 5.13 Å². The third kappa shape index (κ3) is 5.12. The summed E-state index contributed by atoms with van der Waals surface area (Å²) >= 11 is 3.94. The first-order chi connectivity index (χ1) is 19.0. The summed E-state index contributed by atoms with van der Waals surface area (Å²) in [6.07, 6.45) is 3.79. The zero-order valence-corrected chi connectivity index (χ0v) is 23.5.